The fourth-order valence-electron chi connectivity index (χ4n) is 2.97. The molecule has 158 valence electrons. The van der Waals surface area contributed by atoms with Gasteiger partial charge in [-0.1, -0.05) is 36.4 Å². The summed E-state index contributed by atoms with van der Waals surface area (Å²) in [5, 5.41) is 45.8. The van der Waals surface area contributed by atoms with Crippen LogP contribution in [0.3, 0.4) is 0 Å². The first kappa shape index (κ1) is 20.2. The van der Waals surface area contributed by atoms with E-state index in [0.717, 1.165) is 0 Å². The molecule has 4 rings (SSSR count). The lowest BCUT2D eigenvalue weighted by atomic mass is 10.2. The number of carbonyl (C=O) groups excluding carboxylic acids is 1. The summed E-state index contributed by atoms with van der Waals surface area (Å²) in [4.78, 5) is 17.3. The number of nitrogens with one attached hydrogen (secondary N) is 2. The minimum absolute atomic E-state index is 0.149. The molecule has 11 nitrogen and oxygen atoms in total. The molecule has 31 heavy (non-hydrogen) atoms. The number of H-pyrrole nitrogens is 2. The zero-order valence-electron chi connectivity index (χ0n) is 16.1. The van der Waals surface area contributed by atoms with E-state index in [-0.39, 0.29) is 29.7 Å². The third kappa shape index (κ3) is 4.42. The van der Waals surface area contributed by atoms with Crippen LogP contribution >= 0.6 is 0 Å². The maximum absolute atomic E-state index is 11.9. The summed E-state index contributed by atoms with van der Waals surface area (Å²) in [5.41, 5.74) is 1.68. The number of benzene rings is 2. The lowest BCUT2D eigenvalue weighted by Gasteiger charge is -2.03. The molecule has 0 bridgehead atoms. The molecule has 0 aliphatic carbocycles. The Hall–Kier alpha value is -4.09. The second-order valence-corrected chi connectivity index (χ2v) is 6.54. The van der Waals surface area contributed by atoms with Gasteiger partial charge in [0.05, 0.1) is 17.6 Å². The normalized spacial score (nSPS) is 13.1. The molecule has 1 atom stereocenters. The summed E-state index contributed by atoms with van der Waals surface area (Å²) in [6.07, 6.45) is -1.35. The molecule has 0 saturated heterocycles. The van der Waals surface area contributed by atoms with E-state index in [1.807, 2.05) is 0 Å². The number of aromatic hydroxyl groups is 2. The molecule has 0 spiro atoms. The highest BCUT2D eigenvalue weighted by molar-refractivity contribution is 5.95. The van der Waals surface area contributed by atoms with E-state index >= 15 is 0 Å². The summed E-state index contributed by atoms with van der Waals surface area (Å²) >= 11 is 0. The number of para-hydroxylation sites is 2. The number of fused-ring (bicyclic) bond motifs is 2. The standard InChI is InChI=1S/C20H18N6O5/c27-15(23-25-17-11-5-1-3-7-13(11)21-19(17)29)9-31-10-16(28)24-26-18-12-6-2-4-8-14(12)22-20(18)30/h1-8,15,21-22,27,29-30H,9-10H2. The van der Waals surface area contributed by atoms with Crippen molar-refractivity contribution in [2.24, 2.45) is 20.5 Å². The van der Waals surface area contributed by atoms with Crippen molar-refractivity contribution in [1.82, 2.24) is 9.97 Å². The van der Waals surface area contributed by atoms with Gasteiger partial charge in [-0.25, -0.2) is 0 Å². The van der Waals surface area contributed by atoms with E-state index in [4.69, 9.17) is 4.74 Å². The number of aromatic amines is 2. The number of azo groups is 2. The van der Waals surface area contributed by atoms with Crippen LogP contribution in [-0.4, -0.2) is 50.6 Å². The average molecular weight is 422 g/mol. The van der Waals surface area contributed by atoms with Gasteiger partial charge in [-0.2, -0.15) is 5.11 Å². The summed E-state index contributed by atoms with van der Waals surface area (Å²) in [6.45, 7) is -0.760. The highest BCUT2D eigenvalue weighted by Gasteiger charge is 2.12. The molecule has 0 saturated carbocycles. The quantitative estimate of drug-likeness (QED) is 0.285. The van der Waals surface area contributed by atoms with Gasteiger partial charge in [-0.15, -0.1) is 15.3 Å². The minimum Gasteiger partial charge on any atom is -0.493 e. The number of nitrogens with zero attached hydrogens (tertiary/aromatic N) is 4. The summed E-state index contributed by atoms with van der Waals surface area (Å²) < 4.78 is 5.08. The highest BCUT2D eigenvalue weighted by atomic mass is 16.5. The van der Waals surface area contributed by atoms with Crippen molar-refractivity contribution in [2.45, 2.75) is 6.23 Å². The van der Waals surface area contributed by atoms with E-state index in [1.54, 1.807) is 48.5 Å². The van der Waals surface area contributed by atoms with Crippen LogP contribution in [-0.2, 0) is 9.53 Å². The van der Waals surface area contributed by atoms with Crippen LogP contribution in [0.25, 0.3) is 21.8 Å². The van der Waals surface area contributed by atoms with Crippen molar-refractivity contribution in [3.63, 3.8) is 0 Å². The molecule has 0 aliphatic heterocycles. The van der Waals surface area contributed by atoms with Crippen LogP contribution in [0.5, 0.6) is 11.8 Å². The first-order chi connectivity index (χ1) is 15.0. The zero-order valence-corrected chi connectivity index (χ0v) is 16.1. The van der Waals surface area contributed by atoms with Crippen molar-refractivity contribution >= 4 is 39.1 Å². The third-order valence-electron chi connectivity index (χ3n) is 4.36. The topological polar surface area (TPSA) is 168 Å². The Balaban J connectivity index is 1.31. The van der Waals surface area contributed by atoms with E-state index in [1.165, 1.54) is 0 Å². The lowest BCUT2D eigenvalue weighted by molar-refractivity contribution is -0.123. The lowest BCUT2D eigenvalue weighted by Crippen LogP contribution is -2.15. The van der Waals surface area contributed by atoms with Gasteiger partial charge >= 0.3 is 0 Å². The number of ether oxygens (including phenoxy) is 1. The van der Waals surface area contributed by atoms with Gasteiger partial charge in [0.25, 0.3) is 5.91 Å². The fourth-order valence-corrected chi connectivity index (χ4v) is 2.97. The Bertz CT molecular complexity index is 1290. The Kier molecular flexibility index (Phi) is 5.69. The van der Waals surface area contributed by atoms with Gasteiger partial charge in [0.15, 0.2) is 17.6 Å². The predicted molar refractivity (Wildman–Crippen MR) is 111 cm³/mol. The van der Waals surface area contributed by atoms with Crippen LogP contribution in [0.2, 0.25) is 0 Å². The predicted octanol–water partition coefficient (Wildman–Crippen LogP) is 3.79. The number of hydrogen-bond donors (Lipinski definition) is 5. The van der Waals surface area contributed by atoms with Crippen LogP contribution in [0.15, 0.2) is 69.0 Å². The molecule has 0 fully saturated rings. The van der Waals surface area contributed by atoms with Crippen molar-refractivity contribution in [2.75, 3.05) is 13.2 Å². The van der Waals surface area contributed by atoms with Crippen molar-refractivity contribution < 1.29 is 24.9 Å². The molecular formula is C20H18N6O5. The first-order valence-corrected chi connectivity index (χ1v) is 9.23. The summed E-state index contributed by atoms with van der Waals surface area (Å²) in [7, 11) is 0. The summed E-state index contributed by atoms with van der Waals surface area (Å²) in [5.74, 6) is -1.08. The Labute approximate surface area is 174 Å². The van der Waals surface area contributed by atoms with E-state index in [2.05, 4.69) is 30.4 Å². The Morgan fingerprint density at radius 1 is 0.903 bits per heavy atom. The molecule has 11 heteroatoms. The Morgan fingerprint density at radius 2 is 1.45 bits per heavy atom. The van der Waals surface area contributed by atoms with Crippen molar-refractivity contribution in [3.8, 4) is 11.8 Å². The number of aromatic nitrogens is 2. The number of rotatable bonds is 7. The molecule has 2 aromatic carbocycles. The zero-order chi connectivity index (χ0) is 21.8. The van der Waals surface area contributed by atoms with Crippen molar-refractivity contribution in [3.05, 3.63) is 48.5 Å². The van der Waals surface area contributed by atoms with Crippen LogP contribution < -0.4 is 0 Å². The van der Waals surface area contributed by atoms with Gasteiger partial charge in [0, 0.05) is 10.8 Å². The summed E-state index contributed by atoms with van der Waals surface area (Å²) in [6, 6.07) is 14.1. The molecule has 2 aromatic heterocycles. The van der Waals surface area contributed by atoms with Crippen LogP contribution in [0.4, 0.5) is 11.4 Å². The highest BCUT2D eigenvalue weighted by Crippen LogP contribution is 2.36. The maximum Gasteiger partial charge on any atom is 0.290 e. The fraction of sp³-hybridized carbons (Fsp3) is 0.150. The van der Waals surface area contributed by atoms with E-state index in [9.17, 15) is 20.1 Å². The molecule has 1 unspecified atom stereocenters. The second kappa shape index (κ2) is 8.73. The molecule has 4 aromatic rings. The maximum atomic E-state index is 11.9. The smallest absolute Gasteiger partial charge is 0.290 e. The average Bonchev–Trinajstić information content (AvgIpc) is 3.25. The molecular weight excluding hydrogens is 404 g/mol. The first-order valence-electron chi connectivity index (χ1n) is 9.23. The molecule has 1 amide bonds. The van der Waals surface area contributed by atoms with Crippen LogP contribution in [0.1, 0.15) is 0 Å². The monoisotopic (exact) mass is 422 g/mol. The number of aliphatic hydroxyl groups is 1. The van der Waals surface area contributed by atoms with Gasteiger partial charge in [0.1, 0.15) is 6.61 Å². The van der Waals surface area contributed by atoms with Gasteiger partial charge < -0.3 is 30.0 Å². The number of aliphatic hydroxyl groups excluding tert-OH is 1. The number of carbonyl (C=O) groups is 1. The van der Waals surface area contributed by atoms with Crippen LogP contribution in [0, 0.1) is 0 Å². The van der Waals surface area contributed by atoms with E-state index < -0.39 is 18.7 Å². The second-order valence-electron chi connectivity index (χ2n) is 6.54. The number of amides is 1. The molecule has 2 heterocycles. The largest absolute Gasteiger partial charge is 0.493 e. The molecule has 0 aliphatic rings. The van der Waals surface area contributed by atoms with Gasteiger partial charge in [-0.05, 0) is 12.1 Å². The molecule has 0 radical (unpaired) electrons. The molecule has 5 N–H and O–H groups in total. The van der Waals surface area contributed by atoms with Crippen molar-refractivity contribution in [1.29, 1.82) is 0 Å². The van der Waals surface area contributed by atoms with E-state index in [0.29, 0.717) is 21.8 Å². The number of hydrogen-bond acceptors (Lipinski definition) is 8. The Morgan fingerprint density at radius 3 is 2.06 bits per heavy atom. The SMILES string of the molecule is O=C(COCC(O)N=Nc1c(O)[nH]c2ccccc12)N=Nc1c(O)[nH]c2ccccc12. The third-order valence-corrected chi connectivity index (χ3v) is 4.36. The van der Waals surface area contributed by atoms with Gasteiger partial charge in [0.2, 0.25) is 11.8 Å². The minimum atomic E-state index is -1.35. The van der Waals surface area contributed by atoms with Gasteiger partial charge in [-0.3, -0.25) is 4.79 Å².